The van der Waals surface area contributed by atoms with E-state index in [1.807, 2.05) is 41.3 Å². The normalized spacial score (nSPS) is 16.1. The molecule has 0 atom stereocenters. The van der Waals surface area contributed by atoms with E-state index in [4.69, 9.17) is 11.6 Å². The Morgan fingerprint density at radius 1 is 1.05 bits per heavy atom. The zero-order valence-corrected chi connectivity index (χ0v) is 13.2. The van der Waals surface area contributed by atoms with Crippen molar-refractivity contribution in [1.29, 1.82) is 0 Å². The van der Waals surface area contributed by atoms with Crippen LogP contribution in [0.1, 0.15) is 15.2 Å². The van der Waals surface area contributed by atoms with Gasteiger partial charge in [-0.15, -0.1) is 11.3 Å². The molecule has 110 valence electrons. The number of rotatable bonds is 3. The summed E-state index contributed by atoms with van der Waals surface area (Å²) in [4.78, 5) is 18.0. The highest BCUT2D eigenvalue weighted by molar-refractivity contribution is 7.16. The highest BCUT2D eigenvalue weighted by Crippen LogP contribution is 2.23. The van der Waals surface area contributed by atoms with Crippen molar-refractivity contribution in [3.05, 3.63) is 57.2 Å². The summed E-state index contributed by atoms with van der Waals surface area (Å²) in [5.41, 5.74) is 0.774. The quantitative estimate of drug-likeness (QED) is 0.865. The van der Waals surface area contributed by atoms with Gasteiger partial charge >= 0.3 is 0 Å². The van der Waals surface area contributed by atoms with E-state index in [-0.39, 0.29) is 5.91 Å². The largest absolute Gasteiger partial charge is 0.336 e. The lowest BCUT2D eigenvalue weighted by Gasteiger charge is -2.34. The molecule has 3 rings (SSSR count). The first-order valence-corrected chi connectivity index (χ1v) is 8.23. The molecule has 0 aliphatic carbocycles. The van der Waals surface area contributed by atoms with E-state index in [2.05, 4.69) is 11.0 Å². The number of halogens is 1. The molecule has 5 heteroatoms. The van der Waals surface area contributed by atoms with E-state index in [0.29, 0.717) is 0 Å². The molecule has 0 N–H and O–H groups in total. The molecule has 21 heavy (non-hydrogen) atoms. The summed E-state index contributed by atoms with van der Waals surface area (Å²) in [5.74, 6) is 0.134. The molecule has 1 fully saturated rings. The number of piperazine rings is 1. The highest BCUT2D eigenvalue weighted by atomic mass is 35.5. The Bertz CT molecular complexity index is 606. The molecule has 0 unspecified atom stereocenters. The van der Waals surface area contributed by atoms with Gasteiger partial charge in [0.05, 0.1) is 4.34 Å². The van der Waals surface area contributed by atoms with Crippen molar-refractivity contribution in [3.8, 4) is 0 Å². The van der Waals surface area contributed by atoms with Crippen molar-refractivity contribution in [1.82, 2.24) is 9.80 Å². The zero-order valence-electron chi connectivity index (χ0n) is 11.7. The second-order valence-electron chi connectivity index (χ2n) is 5.14. The minimum Gasteiger partial charge on any atom is -0.336 e. The molecule has 3 nitrogen and oxygen atoms in total. The summed E-state index contributed by atoms with van der Waals surface area (Å²) in [6, 6.07) is 13.5. The first kappa shape index (κ1) is 14.6. The zero-order chi connectivity index (χ0) is 14.7. The number of hydrogen-bond donors (Lipinski definition) is 0. The van der Waals surface area contributed by atoms with Crippen LogP contribution in [0.25, 0.3) is 0 Å². The van der Waals surface area contributed by atoms with Gasteiger partial charge in [0.15, 0.2) is 0 Å². The molecule has 1 amide bonds. The molecule has 1 aromatic carbocycles. The van der Waals surface area contributed by atoms with Gasteiger partial charge in [0, 0.05) is 43.2 Å². The van der Waals surface area contributed by atoms with Gasteiger partial charge < -0.3 is 4.90 Å². The first-order chi connectivity index (χ1) is 10.2. The van der Waals surface area contributed by atoms with Gasteiger partial charge in [-0.1, -0.05) is 29.8 Å². The molecule has 0 spiro atoms. The van der Waals surface area contributed by atoms with Crippen molar-refractivity contribution in [2.45, 2.75) is 6.54 Å². The van der Waals surface area contributed by atoms with E-state index in [1.165, 1.54) is 4.88 Å². The molecule has 0 bridgehead atoms. The number of benzene rings is 1. The lowest BCUT2D eigenvalue weighted by atomic mass is 10.2. The maximum atomic E-state index is 12.4. The number of carbonyl (C=O) groups is 1. The third-order valence-corrected chi connectivity index (χ3v) is 4.90. The Morgan fingerprint density at radius 2 is 1.76 bits per heavy atom. The van der Waals surface area contributed by atoms with Crippen LogP contribution in [0.5, 0.6) is 0 Å². The third kappa shape index (κ3) is 3.64. The lowest BCUT2D eigenvalue weighted by Crippen LogP contribution is -2.48. The Morgan fingerprint density at radius 3 is 2.38 bits per heavy atom. The number of hydrogen-bond acceptors (Lipinski definition) is 3. The van der Waals surface area contributed by atoms with E-state index in [0.717, 1.165) is 42.6 Å². The molecule has 0 radical (unpaired) electrons. The Hall–Kier alpha value is -1.36. The fraction of sp³-hybridized carbons (Fsp3) is 0.312. The molecular weight excluding hydrogens is 304 g/mol. The van der Waals surface area contributed by atoms with Crippen molar-refractivity contribution in [3.63, 3.8) is 0 Å². The molecule has 0 saturated carbocycles. The minimum absolute atomic E-state index is 0.134. The van der Waals surface area contributed by atoms with Crippen molar-refractivity contribution < 1.29 is 4.79 Å². The second-order valence-corrected chi connectivity index (χ2v) is 6.94. The standard InChI is InChI=1S/C16H17ClN2OS/c17-15-7-6-14(21-15)12-18-8-10-19(11-9-18)16(20)13-4-2-1-3-5-13/h1-7H,8-12H2. The summed E-state index contributed by atoms with van der Waals surface area (Å²) in [7, 11) is 0. The van der Waals surface area contributed by atoms with Crippen LogP contribution in [-0.2, 0) is 6.54 Å². The highest BCUT2D eigenvalue weighted by Gasteiger charge is 2.22. The Balaban J connectivity index is 1.54. The molecule has 1 aromatic heterocycles. The number of amides is 1. The van der Waals surface area contributed by atoms with Gasteiger partial charge in [-0.05, 0) is 24.3 Å². The Labute approximate surface area is 133 Å². The van der Waals surface area contributed by atoms with E-state index >= 15 is 0 Å². The third-order valence-electron chi connectivity index (χ3n) is 3.69. The average molecular weight is 321 g/mol. The van der Waals surface area contributed by atoms with Crippen molar-refractivity contribution in [2.75, 3.05) is 26.2 Å². The van der Waals surface area contributed by atoms with Gasteiger partial charge in [0.2, 0.25) is 0 Å². The van der Waals surface area contributed by atoms with Crippen LogP contribution in [-0.4, -0.2) is 41.9 Å². The monoisotopic (exact) mass is 320 g/mol. The molecule has 1 aliphatic rings. The van der Waals surface area contributed by atoms with E-state index in [9.17, 15) is 4.79 Å². The summed E-state index contributed by atoms with van der Waals surface area (Å²) >= 11 is 7.59. The molecule has 2 aromatic rings. The maximum Gasteiger partial charge on any atom is 0.253 e. The second kappa shape index (κ2) is 6.60. The fourth-order valence-electron chi connectivity index (χ4n) is 2.53. The van der Waals surface area contributed by atoms with Gasteiger partial charge in [0.25, 0.3) is 5.91 Å². The predicted octanol–water partition coefficient (Wildman–Crippen LogP) is 3.36. The van der Waals surface area contributed by atoms with Gasteiger partial charge in [-0.2, -0.15) is 0 Å². The molecule has 1 aliphatic heterocycles. The lowest BCUT2D eigenvalue weighted by molar-refractivity contribution is 0.0629. The summed E-state index contributed by atoms with van der Waals surface area (Å²) in [6.45, 7) is 4.31. The van der Waals surface area contributed by atoms with Crippen LogP contribution < -0.4 is 0 Å². The van der Waals surface area contributed by atoms with Crippen LogP contribution in [0.15, 0.2) is 42.5 Å². The summed E-state index contributed by atoms with van der Waals surface area (Å²) in [6.07, 6.45) is 0. The molecule has 1 saturated heterocycles. The van der Waals surface area contributed by atoms with Crippen LogP contribution in [0.2, 0.25) is 4.34 Å². The fourth-order valence-corrected chi connectivity index (χ4v) is 3.66. The summed E-state index contributed by atoms with van der Waals surface area (Å²) < 4.78 is 0.836. The number of thiophene rings is 1. The molecular formula is C16H17ClN2OS. The van der Waals surface area contributed by atoms with Crippen molar-refractivity contribution in [2.24, 2.45) is 0 Å². The molecule has 2 heterocycles. The first-order valence-electron chi connectivity index (χ1n) is 7.03. The van der Waals surface area contributed by atoms with Crippen LogP contribution >= 0.6 is 22.9 Å². The average Bonchev–Trinajstić information content (AvgIpc) is 2.93. The number of carbonyl (C=O) groups excluding carboxylic acids is 1. The van der Waals surface area contributed by atoms with Crippen molar-refractivity contribution >= 4 is 28.8 Å². The number of nitrogens with zero attached hydrogens (tertiary/aromatic N) is 2. The van der Waals surface area contributed by atoms with Gasteiger partial charge in [-0.3, -0.25) is 9.69 Å². The van der Waals surface area contributed by atoms with E-state index < -0.39 is 0 Å². The van der Waals surface area contributed by atoms with Gasteiger partial charge in [-0.25, -0.2) is 0 Å². The Kier molecular flexibility index (Phi) is 4.58. The summed E-state index contributed by atoms with van der Waals surface area (Å²) in [5, 5.41) is 0. The van der Waals surface area contributed by atoms with Crippen LogP contribution in [0.3, 0.4) is 0 Å². The predicted molar refractivity (Wildman–Crippen MR) is 87.0 cm³/mol. The smallest absolute Gasteiger partial charge is 0.253 e. The maximum absolute atomic E-state index is 12.4. The van der Waals surface area contributed by atoms with Gasteiger partial charge in [0.1, 0.15) is 0 Å². The topological polar surface area (TPSA) is 23.6 Å². The van der Waals surface area contributed by atoms with E-state index in [1.54, 1.807) is 11.3 Å². The minimum atomic E-state index is 0.134. The van der Waals surface area contributed by atoms with Crippen LogP contribution in [0, 0.1) is 0 Å². The SMILES string of the molecule is O=C(c1ccccc1)N1CCN(Cc2ccc(Cl)s2)CC1. The van der Waals surface area contributed by atoms with Crippen LogP contribution in [0.4, 0.5) is 0 Å².